The number of esters is 1. The zero-order valence-corrected chi connectivity index (χ0v) is 30.2. The van der Waals surface area contributed by atoms with E-state index >= 15 is 4.39 Å². The summed E-state index contributed by atoms with van der Waals surface area (Å²) in [6, 6.07) is 12.9. The van der Waals surface area contributed by atoms with Crippen LogP contribution in [-0.2, 0) is 42.1 Å². The molecule has 1 fully saturated rings. The monoisotopic (exact) mass is 790 g/mol. The average molecular weight is 791 g/mol. The van der Waals surface area contributed by atoms with Gasteiger partial charge in [0, 0.05) is 33.0 Å². The van der Waals surface area contributed by atoms with E-state index in [-0.39, 0.29) is 52.3 Å². The number of carbonyl (C=O) groups excluding carboxylic acids is 1. The lowest BCUT2D eigenvalue weighted by Crippen LogP contribution is -2.47. The summed E-state index contributed by atoms with van der Waals surface area (Å²) >= 11 is 7.55. The predicted octanol–water partition coefficient (Wildman–Crippen LogP) is 6.72. The van der Waals surface area contributed by atoms with Crippen molar-refractivity contribution in [1.29, 1.82) is 5.26 Å². The second-order valence-corrected chi connectivity index (χ2v) is 14.8. The van der Waals surface area contributed by atoms with Crippen LogP contribution in [0.1, 0.15) is 39.5 Å². The van der Waals surface area contributed by atoms with Crippen molar-refractivity contribution >= 4 is 43.2 Å². The number of rotatable bonds is 14. The number of hydrogen-bond donors (Lipinski definition) is 2. The third kappa shape index (κ3) is 10.4. The smallest absolute Gasteiger partial charge is 0.447 e. The highest BCUT2D eigenvalue weighted by atomic mass is 35.5. The number of nitrogens with zero attached hydrogens (tertiary/aromatic N) is 4. The van der Waals surface area contributed by atoms with Crippen LogP contribution in [0.25, 0.3) is 6.08 Å². The summed E-state index contributed by atoms with van der Waals surface area (Å²) in [6.07, 6.45) is 8.16. The first-order valence-electron chi connectivity index (χ1n) is 15.7. The van der Waals surface area contributed by atoms with Crippen LogP contribution in [-0.4, -0.2) is 60.5 Å². The fourth-order valence-corrected chi connectivity index (χ4v) is 7.28. The van der Waals surface area contributed by atoms with Crippen molar-refractivity contribution in [3.05, 3.63) is 136 Å². The van der Waals surface area contributed by atoms with Crippen LogP contribution in [0.4, 0.5) is 13.2 Å². The van der Waals surface area contributed by atoms with Gasteiger partial charge in [0.2, 0.25) is 0 Å². The third-order valence-electron chi connectivity index (χ3n) is 7.97. The molecule has 278 valence electrons. The van der Waals surface area contributed by atoms with Crippen LogP contribution in [0, 0.1) is 28.8 Å². The normalized spacial score (nSPS) is 18.2. The number of carbonyl (C=O) groups is 1. The molecule has 18 heteroatoms. The summed E-state index contributed by atoms with van der Waals surface area (Å²) in [4.78, 5) is 36.6. The van der Waals surface area contributed by atoms with Gasteiger partial charge in [-0.1, -0.05) is 42.0 Å². The molecule has 3 aromatic carbocycles. The number of aromatic nitrogens is 3. The molecule has 1 aliphatic rings. The number of phosphoric ester groups is 1. The van der Waals surface area contributed by atoms with E-state index in [1.807, 2.05) is 6.07 Å². The Kier molecular flexibility index (Phi) is 13.3. The molecule has 2 atom stereocenters. The van der Waals surface area contributed by atoms with E-state index in [1.54, 1.807) is 25.2 Å². The molecule has 0 amide bonds. The maximum absolute atomic E-state index is 15.8. The van der Waals surface area contributed by atoms with Gasteiger partial charge in [0.15, 0.2) is 11.9 Å². The largest absolute Gasteiger partial charge is 0.469 e. The Morgan fingerprint density at radius 2 is 1.94 bits per heavy atom. The maximum atomic E-state index is 15.8. The van der Waals surface area contributed by atoms with Crippen molar-refractivity contribution in [2.45, 2.75) is 42.5 Å². The molecule has 1 aliphatic heterocycles. The topological polar surface area (TPSA) is 166 Å². The van der Waals surface area contributed by atoms with Crippen LogP contribution in [0.15, 0.2) is 85.5 Å². The number of thioether (sulfide) groups is 1. The lowest BCUT2D eigenvalue weighted by atomic mass is 9.89. The van der Waals surface area contributed by atoms with Gasteiger partial charge in [-0.15, -0.1) is 11.8 Å². The summed E-state index contributed by atoms with van der Waals surface area (Å²) in [5, 5.41) is 11.8. The van der Waals surface area contributed by atoms with Crippen LogP contribution in [0.3, 0.4) is 0 Å². The number of ether oxygens (including phenoxy) is 3. The molecule has 12 nitrogen and oxygen atoms in total. The molecule has 2 N–H and O–H groups in total. The molecule has 1 saturated heterocycles. The van der Waals surface area contributed by atoms with Crippen molar-refractivity contribution in [2.24, 2.45) is 0 Å². The van der Waals surface area contributed by atoms with Gasteiger partial charge in [0.05, 0.1) is 48.8 Å². The molecule has 0 radical (unpaired) electrons. The summed E-state index contributed by atoms with van der Waals surface area (Å²) in [5.41, 5.74) is -1.93. The molecule has 0 unspecified atom stereocenters. The molecule has 53 heavy (non-hydrogen) atoms. The summed E-state index contributed by atoms with van der Waals surface area (Å²) in [5.74, 6) is -3.48. The molecule has 5 rings (SSSR count). The van der Waals surface area contributed by atoms with Crippen molar-refractivity contribution in [3.8, 4) is 6.07 Å². The molecule has 0 spiro atoms. The van der Waals surface area contributed by atoms with Gasteiger partial charge in [-0.05, 0) is 49.4 Å². The van der Waals surface area contributed by atoms with E-state index < -0.39 is 55.0 Å². The minimum Gasteiger partial charge on any atom is -0.447 e. The number of nitriles is 1. The first kappa shape index (κ1) is 39.9. The van der Waals surface area contributed by atoms with Gasteiger partial charge >= 0.3 is 13.8 Å². The zero-order valence-electron chi connectivity index (χ0n) is 27.7. The van der Waals surface area contributed by atoms with E-state index in [4.69, 9.17) is 31.1 Å². The van der Waals surface area contributed by atoms with Crippen molar-refractivity contribution in [1.82, 2.24) is 14.8 Å². The number of phosphoric acid groups is 1. The quantitative estimate of drug-likeness (QED) is 0.0789. The standard InChI is InChI=1S/C35H31ClF3N4O8PS/c1-22(53-26-16-48-33(49-17-26)8-3-2-5-24-10-9-23(15-40)13-31(24)38)35(19-43-21-41-20-42-43,29-12-11-25(37)14-32(29)39)51-34(44)27-6-4-7-30(36)28(27)18-50-52(45,46)47/h2-14,20-22,26,33H,16-19H2,1H3,(H2,45,46,47)/t22-,26?,33?,35-/m1/s1. The number of halogens is 4. The van der Waals surface area contributed by atoms with Gasteiger partial charge in [-0.25, -0.2) is 32.2 Å². The minimum atomic E-state index is -4.98. The molecule has 0 bridgehead atoms. The van der Waals surface area contributed by atoms with Gasteiger partial charge in [-0.3, -0.25) is 4.52 Å². The highest BCUT2D eigenvalue weighted by Crippen LogP contribution is 2.43. The Morgan fingerprint density at radius 1 is 1.17 bits per heavy atom. The summed E-state index contributed by atoms with van der Waals surface area (Å²) in [7, 11) is -4.98. The Bertz CT molecular complexity index is 2070. The van der Waals surface area contributed by atoms with E-state index in [1.165, 1.54) is 65.5 Å². The number of allylic oxidation sites excluding steroid dienone is 2. The molecule has 4 aromatic rings. The van der Waals surface area contributed by atoms with E-state index in [9.17, 15) is 27.9 Å². The molecule has 2 heterocycles. The Hall–Kier alpha value is -4.30. The van der Waals surface area contributed by atoms with E-state index in [2.05, 4.69) is 14.6 Å². The lowest BCUT2D eigenvalue weighted by Gasteiger charge is -2.40. The van der Waals surface area contributed by atoms with Crippen LogP contribution in [0.5, 0.6) is 0 Å². The van der Waals surface area contributed by atoms with Crippen LogP contribution < -0.4 is 0 Å². The van der Waals surface area contributed by atoms with Gasteiger partial charge in [0.25, 0.3) is 0 Å². The van der Waals surface area contributed by atoms with Crippen molar-refractivity contribution < 1.29 is 51.1 Å². The fourth-order valence-electron chi connectivity index (χ4n) is 5.39. The zero-order chi connectivity index (χ0) is 38.2. The first-order chi connectivity index (χ1) is 25.3. The molecule has 1 aromatic heterocycles. The van der Waals surface area contributed by atoms with Gasteiger partial charge in [-0.2, -0.15) is 10.4 Å². The van der Waals surface area contributed by atoms with E-state index in [0.717, 1.165) is 18.2 Å². The molecular weight excluding hydrogens is 760 g/mol. The first-order valence-corrected chi connectivity index (χ1v) is 18.5. The minimum absolute atomic E-state index is 0.0535. The highest BCUT2D eigenvalue weighted by Gasteiger charge is 2.47. The van der Waals surface area contributed by atoms with Crippen LogP contribution in [0.2, 0.25) is 5.02 Å². The highest BCUT2D eigenvalue weighted by molar-refractivity contribution is 8.00. The second-order valence-electron chi connectivity index (χ2n) is 11.6. The molecular formula is C35H31ClF3N4O8PS. The van der Waals surface area contributed by atoms with Gasteiger partial charge < -0.3 is 24.0 Å². The average Bonchev–Trinajstić information content (AvgIpc) is 3.63. The van der Waals surface area contributed by atoms with Gasteiger partial charge in [0.1, 0.15) is 30.1 Å². The van der Waals surface area contributed by atoms with E-state index in [0.29, 0.717) is 11.6 Å². The lowest BCUT2D eigenvalue weighted by molar-refractivity contribution is -0.146. The number of hydrogen-bond acceptors (Lipinski definition) is 10. The van der Waals surface area contributed by atoms with Crippen molar-refractivity contribution in [2.75, 3.05) is 13.2 Å². The summed E-state index contributed by atoms with van der Waals surface area (Å²) < 4.78 is 79.6. The van der Waals surface area contributed by atoms with Crippen molar-refractivity contribution in [3.63, 3.8) is 0 Å². The second kappa shape index (κ2) is 17.7. The fraction of sp³-hybridized carbons (Fsp3) is 0.257. The predicted molar refractivity (Wildman–Crippen MR) is 188 cm³/mol. The maximum Gasteiger partial charge on any atom is 0.469 e. The Labute approximate surface area is 311 Å². The molecule has 0 aliphatic carbocycles. The Morgan fingerprint density at radius 3 is 2.60 bits per heavy atom. The Balaban J connectivity index is 1.39. The third-order valence-corrected chi connectivity index (χ3v) is 10.2. The summed E-state index contributed by atoms with van der Waals surface area (Å²) in [6.45, 7) is 0.918. The number of benzene rings is 3. The SMILES string of the molecule is C[C@@H](SC1COC(C=CC=Cc2ccc(C#N)cc2F)OC1)[C@@](Cn1cncn1)(OC(=O)c1cccc(Cl)c1COP(=O)(O)O)c1ccc(F)cc1F. The molecule has 0 saturated carbocycles. The van der Waals surface area contributed by atoms with Crippen LogP contribution >= 0.6 is 31.2 Å².